The van der Waals surface area contributed by atoms with Crippen LogP contribution in [-0.2, 0) is 42.0 Å². The summed E-state index contributed by atoms with van der Waals surface area (Å²) in [4.78, 5) is 4.34. The number of aryl methyl sites for hydroxylation is 2. The number of fused-ring (bicyclic) bond motifs is 2. The number of thioether (sulfide) groups is 1. The Kier molecular flexibility index (Phi) is 6.07. The standard InChI is InChI=1S/C22H33N3O4S2/c1-21(2,28)20-24-18(12-26)22(3,30-20)31(23,29)25-19(27)11-17-15-8-4-6-13(15)10-14-7-5-9-16(14)17/h10,18-19,26-28H,4-9,11-12H2,1-3H3,(H2,23,25,29)/t18?,19?,22?,31-/m0/s1. The molecule has 0 radical (unpaired) electrons. The molecule has 4 atom stereocenters. The van der Waals surface area contributed by atoms with Gasteiger partial charge in [-0.05, 0) is 87.1 Å². The van der Waals surface area contributed by atoms with E-state index in [-0.39, 0.29) is 0 Å². The van der Waals surface area contributed by atoms with Crippen LogP contribution in [0.25, 0.3) is 0 Å². The van der Waals surface area contributed by atoms with Gasteiger partial charge in [0.25, 0.3) is 0 Å². The SMILES string of the molecule is CC(C)(O)C1=NC(CO)C(C)([S@@](=N)(=O)NC(O)Cc2c3c(cc4c2CCC4)CCC3)S1. The molecule has 172 valence electrons. The maximum absolute atomic E-state index is 13.5. The predicted molar refractivity (Wildman–Crippen MR) is 125 cm³/mol. The van der Waals surface area contributed by atoms with Crippen molar-refractivity contribution in [2.24, 2.45) is 4.99 Å². The summed E-state index contributed by atoms with van der Waals surface area (Å²) in [5.41, 5.74) is 5.29. The molecule has 0 spiro atoms. The van der Waals surface area contributed by atoms with Gasteiger partial charge in [-0.1, -0.05) is 17.8 Å². The van der Waals surface area contributed by atoms with E-state index in [0.29, 0.717) is 11.5 Å². The van der Waals surface area contributed by atoms with Crippen molar-refractivity contribution in [3.8, 4) is 0 Å². The minimum Gasteiger partial charge on any atom is -0.394 e. The third kappa shape index (κ3) is 4.09. The molecule has 3 aliphatic rings. The molecule has 0 aromatic heterocycles. The molecule has 0 bridgehead atoms. The van der Waals surface area contributed by atoms with Crippen LogP contribution in [0.5, 0.6) is 0 Å². The zero-order valence-electron chi connectivity index (χ0n) is 18.4. The highest BCUT2D eigenvalue weighted by Gasteiger charge is 2.52. The summed E-state index contributed by atoms with van der Waals surface area (Å²) in [6.45, 7) is 4.36. The van der Waals surface area contributed by atoms with Crippen molar-refractivity contribution in [2.75, 3.05) is 6.61 Å². The lowest BCUT2D eigenvalue weighted by Gasteiger charge is -2.32. The normalized spacial score (nSPS) is 28.2. The van der Waals surface area contributed by atoms with Gasteiger partial charge >= 0.3 is 0 Å². The Morgan fingerprint density at radius 1 is 1.29 bits per heavy atom. The minimum atomic E-state index is -3.58. The first-order valence-corrected chi connectivity index (χ1v) is 13.3. The van der Waals surface area contributed by atoms with Gasteiger partial charge in [0.05, 0.1) is 6.61 Å². The lowest BCUT2D eigenvalue weighted by molar-refractivity contribution is 0.156. The second kappa shape index (κ2) is 8.11. The summed E-state index contributed by atoms with van der Waals surface area (Å²) in [5, 5.41) is 31.4. The molecular formula is C22H33N3O4S2. The summed E-state index contributed by atoms with van der Waals surface area (Å²) in [7, 11) is -3.58. The summed E-state index contributed by atoms with van der Waals surface area (Å²) < 4.78 is 23.5. The van der Waals surface area contributed by atoms with E-state index in [1.807, 2.05) is 0 Å². The number of nitrogens with zero attached hydrogens (tertiary/aromatic N) is 1. The third-order valence-corrected chi connectivity index (χ3v) is 11.2. The van der Waals surface area contributed by atoms with Crippen molar-refractivity contribution in [3.63, 3.8) is 0 Å². The second-order valence-corrected chi connectivity index (χ2v) is 13.4. The van der Waals surface area contributed by atoms with E-state index >= 15 is 0 Å². The Hall–Kier alpha value is -0.970. The number of aliphatic hydroxyl groups is 3. The number of hydrogen-bond acceptors (Lipinski definition) is 7. The van der Waals surface area contributed by atoms with E-state index in [1.54, 1.807) is 20.8 Å². The van der Waals surface area contributed by atoms with Crippen LogP contribution in [0.1, 0.15) is 61.4 Å². The second-order valence-electron chi connectivity index (χ2n) is 9.54. The smallest absolute Gasteiger partial charge is 0.140 e. The first-order valence-electron chi connectivity index (χ1n) is 11.0. The molecule has 0 fully saturated rings. The molecule has 4 rings (SSSR count). The Bertz CT molecular complexity index is 984. The molecule has 1 aromatic carbocycles. The Morgan fingerprint density at radius 3 is 2.39 bits per heavy atom. The highest BCUT2D eigenvalue weighted by atomic mass is 32.3. The lowest BCUT2D eigenvalue weighted by atomic mass is 9.92. The fourth-order valence-corrected chi connectivity index (χ4v) is 8.15. The van der Waals surface area contributed by atoms with Crippen molar-refractivity contribution >= 4 is 26.7 Å². The zero-order valence-corrected chi connectivity index (χ0v) is 20.0. The molecule has 1 aromatic rings. The molecule has 9 heteroatoms. The van der Waals surface area contributed by atoms with E-state index in [9.17, 15) is 19.5 Å². The lowest BCUT2D eigenvalue weighted by Crippen LogP contribution is -2.51. The molecule has 3 unspecified atom stereocenters. The van der Waals surface area contributed by atoms with Gasteiger partial charge in [-0.15, -0.1) is 0 Å². The van der Waals surface area contributed by atoms with Crippen LogP contribution >= 0.6 is 11.8 Å². The molecule has 0 amide bonds. The van der Waals surface area contributed by atoms with E-state index in [4.69, 9.17) is 4.78 Å². The minimum absolute atomic E-state index is 0.311. The van der Waals surface area contributed by atoms with Gasteiger partial charge in [0.2, 0.25) is 0 Å². The van der Waals surface area contributed by atoms with Crippen molar-refractivity contribution in [3.05, 3.63) is 33.9 Å². The van der Waals surface area contributed by atoms with Gasteiger partial charge in [-0.2, -0.15) is 0 Å². The number of hydrogen-bond donors (Lipinski definition) is 5. The van der Waals surface area contributed by atoms with Gasteiger partial charge in [-0.25, -0.2) is 13.7 Å². The van der Waals surface area contributed by atoms with Crippen LogP contribution in [0.4, 0.5) is 0 Å². The summed E-state index contributed by atoms with van der Waals surface area (Å²) in [6, 6.07) is 1.52. The largest absolute Gasteiger partial charge is 0.394 e. The maximum atomic E-state index is 13.5. The zero-order chi connectivity index (χ0) is 22.6. The average Bonchev–Trinajstić information content (AvgIpc) is 3.38. The third-order valence-electron chi connectivity index (χ3n) is 6.74. The van der Waals surface area contributed by atoms with Crippen LogP contribution < -0.4 is 4.72 Å². The number of nitrogens with one attached hydrogen (secondary N) is 2. The number of aliphatic imine (C=N–C) groups is 1. The fourth-order valence-electron chi connectivity index (χ4n) is 5.01. The van der Waals surface area contributed by atoms with E-state index in [2.05, 4.69) is 15.8 Å². The van der Waals surface area contributed by atoms with Gasteiger partial charge in [0, 0.05) is 6.42 Å². The first kappa shape index (κ1) is 23.2. The summed E-state index contributed by atoms with van der Waals surface area (Å²) >= 11 is 1.05. The highest BCUT2D eigenvalue weighted by molar-refractivity contribution is 8.24. The monoisotopic (exact) mass is 467 g/mol. The maximum Gasteiger partial charge on any atom is 0.140 e. The molecule has 1 aliphatic heterocycles. The molecule has 1 heterocycles. The van der Waals surface area contributed by atoms with E-state index in [0.717, 1.165) is 55.9 Å². The number of rotatable bonds is 7. The Morgan fingerprint density at radius 2 is 1.87 bits per heavy atom. The topological polar surface area (TPSA) is 126 Å². The molecule has 7 nitrogen and oxygen atoms in total. The van der Waals surface area contributed by atoms with Gasteiger partial charge in [0.15, 0.2) is 0 Å². The van der Waals surface area contributed by atoms with Crippen molar-refractivity contribution in [1.29, 1.82) is 4.78 Å². The van der Waals surface area contributed by atoms with Crippen molar-refractivity contribution in [1.82, 2.24) is 4.72 Å². The molecular weight excluding hydrogens is 434 g/mol. The Labute approximate surface area is 188 Å². The predicted octanol–water partition coefficient (Wildman–Crippen LogP) is 2.07. The van der Waals surface area contributed by atoms with E-state index in [1.165, 1.54) is 22.3 Å². The van der Waals surface area contributed by atoms with E-state index < -0.39 is 38.5 Å². The number of benzene rings is 1. The van der Waals surface area contributed by atoms with Crippen LogP contribution in [-0.4, -0.2) is 53.1 Å². The number of aliphatic hydroxyl groups excluding tert-OH is 2. The fraction of sp³-hybridized carbons (Fsp3) is 0.682. The van der Waals surface area contributed by atoms with Crippen LogP contribution in [0.2, 0.25) is 0 Å². The molecule has 31 heavy (non-hydrogen) atoms. The molecule has 2 aliphatic carbocycles. The van der Waals surface area contributed by atoms with Crippen molar-refractivity contribution < 1.29 is 19.5 Å². The summed E-state index contributed by atoms with van der Waals surface area (Å²) in [5.74, 6) is 0. The molecule has 0 saturated heterocycles. The molecule has 0 saturated carbocycles. The van der Waals surface area contributed by atoms with Crippen LogP contribution in [0, 0.1) is 4.78 Å². The quantitative estimate of drug-likeness (QED) is 0.393. The van der Waals surface area contributed by atoms with Gasteiger partial charge in [0.1, 0.15) is 36.9 Å². The molecule has 5 N–H and O–H groups in total. The Balaban J connectivity index is 1.57. The summed E-state index contributed by atoms with van der Waals surface area (Å²) in [6.07, 6.45) is 5.54. The van der Waals surface area contributed by atoms with Gasteiger partial charge < -0.3 is 15.3 Å². The highest BCUT2D eigenvalue weighted by Crippen LogP contribution is 2.45. The van der Waals surface area contributed by atoms with Gasteiger partial charge in [-0.3, -0.25) is 4.99 Å². The van der Waals surface area contributed by atoms with Crippen LogP contribution in [0.15, 0.2) is 11.1 Å². The average molecular weight is 468 g/mol. The van der Waals surface area contributed by atoms with Crippen molar-refractivity contribution in [2.45, 2.75) is 87.7 Å². The first-order chi connectivity index (χ1) is 14.5. The van der Waals surface area contributed by atoms with Crippen LogP contribution in [0.3, 0.4) is 0 Å².